The highest BCUT2D eigenvalue weighted by Gasteiger charge is 1.85. The lowest BCUT2D eigenvalue weighted by atomic mass is 10.1. The molecule has 0 fully saturated rings. The Morgan fingerprint density at radius 2 is 0.850 bits per heavy atom. The molecule has 112 valence electrons. The highest BCUT2D eigenvalue weighted by atomic mass is 13.9. The highest BCUT2D eigenvalue weighted by molar-refractivity contribution is 5.14. The second-order valence-corrected chi connectivity index (χ2v) is 4.47. The van der Waals surface area contributed by atoms with Gasteiger partial charge in [0.25, 0.3) is 0 Å². The molecule has 0 aromatic heterocycles. The van der Waals surface area contributed by atoms with E-state index in [0.717, 1.165) is 0 Å². The molecule has 0 N–H and O–H groups in total. The van der Waals surface area contributed by atoms with Crippen LogP contribution in [0.3, 0.4) is 0 Å². The summed E-state index contributed by atoms with van der Waals surface area (Å²) in [6.07, 6.45) is 4.90. The molecule has 0 aliphatic rings. The third-order valence-electron chi connectivity index (χ3n) is 2.76. The van der Waals surface area contributed by atoms with Crippen molar-refractivity contribution in [2.75, 3.05) is 0 Å². The van der Waals surface area contributed by atoms with Crippen LogP contribution < -0.4 is 0 Å². The first-order valence-electron chi connectivity index (χ1n) is 6.94. The van der Waals surface area contributed by atoms with E-state index in [2.05, 4.69) is 74.5 Å². The first kappa shape index (κ1) is 20.8. The topological polar surface area (TPSA) is 0 Å². The van der Waals surface area contributed by atoms with Gasteiger partial charge in [0.1, 0.15) is 0 Å². The van der Waals surface area contributed by atoms with Crippen LogP contribution >= 0.6 is 0 Å². The highest BCUT2D eigenvalue weighted by Crippen LogP contribution is 2.01. The number of benzene rings is 2. The van der Waals surface area contributed by atoms with E-state index in [4.69, 9.17) is 0 Å². The summed E-state index contributed by atoms with van der Waals surface area (Å²) >= 11 is 0. The molecule has 20 heavy (non-hydrogen) atoms. The molecule has 0 amide bonds. The van der Waals surface area contributed by atoms with Crippen LogP contribution in [0.25, 0.3) is 0 Å². The average Bonchev–Trinajstić information content (AvgIpc) is 2.43. The number of rotatable bonds is 4. The fourth-order valence-electron chi connectivity index (χ4n) is 1.87. The molecule has 0 aliphatic carbocycles. The van der Waals surface area contributed by atoms with Gasteiger partial charge in [-0.15, -0.1) is 0 Å². The molecular formula is C20H32. The van der Waals surface area contributed by atoms with Gasteiger partial charge in [0, 0.05) is 0 Å². The van der Waals surface area contributed by atoms with Crippen LogP contribution in [0, 0.1) is 0 Å². The Morgan fingerprint density at radius 3 is 1.10 bits per heavy atom. The normalized spacial score (nSPS) is 8.50. The second kappa shape index (κ2) is 13.9. The van der Waals surface area contributed by atoms with Crippen molar-refractivity contribution >= 4 is 0 Å². The number of hydrogen-bond donors (Lipinski definition) is 0. The largest absolute Gasteiger partial charge is 0.0776 e. The van der Waals surface area contributed by atoms with Crippen LogP contribution in [0.4, 0.5) is 0 Å². The molecule has 0 aliphatic heterocycles. The van der Waals surface area contributed by atoms with Crippen molar-refractivity contribution in [1.82, 2.24) is 0 Å². The summed E-state index contributed by atoms with van der Waals surface area (Å²) in [4.78, 5) is 0. The molecule has 0 spiro atoms. The number of aryl methyl sites for hydroxylation is 2. The first-order valence-corrected chi connectivity index (χ1v) is 6.94. The van der Waals surface area contributed by atoms with Gasteiger partial charge in [-0.05, 0) is 24.0 Å². The van der Waals surface area contributed by atoms with Crippen LogP contribution in [0.5, 0.6) is 0 Å². The maximum Gasteiger partial charge on any atom is -0.0281 e. The van der Waals surface area contributed by atoms with Crippen LogP contribution in [0.1, 0.15) is 52.7 Å². The lowest BCUT2D eigenvalue weighted by Gasteiger charge is -1.93. The van der Waals surface area contributed by atoms with E-state index in [1.54, 1.807) is 0 Å². The molecule has 0 atom stereocenters. The summed E-state index contributed by atoms with van der Waals surface area (Å²) in [5, 5.41) is 0. The van der Waals surface area contributed by atoms with E-state index < -0.39 is 0 Å². The Labute approximate surface area is 126 Å². The first-order chi connectivity index (χ1) is 8.86. The van der Waals surface area contributed by atoms with Crippen molar-refractivity contribution in [3.05, 3.63) is 71.8 Å². The molecule has 0 radical (unpaired) electrons. The van der Waals surface area contributed by atoms with E-state index in [0.29, 0.717) is 0 Å². The van der Waals surface area contributed by atoms with Crippen molar-refractivity contribution in [3.63, 3.8) is 0 Å². The van der Waals surface area contributed by atoms with Gasteiger partial charge in [0.2, 0.25) is 0 Å². The molecule has 2 aromatic rings. The van der Waals surface area contributed by atoms with E-state index in [1.807, 2.05) is 0 Å². The maximum atomic E-state index is 2.20. The standard InChI is InChI=1S/2C9H12.2CH4/c2*1-2-6-9-7-4-3-5-8-9;;/h2*3-5,7-8H,2,6H2,1H3;2*1H4. The zero-order valence-corrected chi connectivity index (χ0v) is 11.6. The Morgan fingerprint density at radius 1 is 0.550 bits per heavy atom. The van der Waals surface area contributed by atoms with Crippen LogP contribution in [-0.2, 0) is 12.8 Å². The van der Waals surface area contributed by atoms with E-state index in [1.165, 1.54) is 36.8 Å². The minimum Gasteiger partial charge on any atom is -0.0776 e. The Kier molecular flexibility index (Phi) is 14.4. The molecule has 0 unspecified atom stereocenters. The van der Waals surface area contributed by atoms with Gasteiger partial charge in [-0.25, -0.2) is 0 Å². The average molecular weight is 272 g/mol. The SMILES string of the molecule is C.C.CCCc1ccccc1.CCCc1ccccc1. The molecule has 0 saturated carbocycles. The Balaban J connectivity index is 0. The second-order valence-electron chi connectivity index (χ2n) is 4.47. The van der Waals surface area contributed by atoms with Crippen LogP contribution in [0.2, 0.25) is 0 Å². The predicted molar refractivity (Wildman–Crippen MR) is 94.3 cm³/mol. The van der Waals surface area contributed by atoms with Gasteiger partial charge in [0.05, 0.1) is 0 Å². The molecule has 2 aromatic carbocycles. The van der Waals surface area contributed by atoms with Crippen LogP contribution in [0.15, 0.2) is 60.7 Å². The minimum absolute atomic E-state index is 0. The van der Waals surface area contributed by atoms with Gasteiger partial charge in [0.15, 0.2) is 0 Å². The van der Waals surface area contributed by atoms with Gasteiger partial charge >= 0.3 is 0 Å². The third-order valence-corrected chi connectivity index (χ3v) is 2.76. The summed E-state index contributed by atoms with van der Waals surface area (Å²) < 4.78 is 0. The van der Waals surface area contributed by atoms with E-state index >= 15 is 0 Å². The van der Waals surface area contributed by atoms with Gasteiger partial charge < -0.3 is 0 Å². The smallest absolute Gasteiger partial charge is 0.0281 e. The van der Waals surface area contributed by atoms with Gasteiger partial charge in [-0.1, -0.05) is 102 Å². The minimum atomic E-state index is 0. The fourth-order valence-corrected chi connectivity index (χ4v) is 1.87. The summed E-state index contributed by atoms with van der Waals surface area (Å²) in [5.41, 5.74) is 2.89. The molecule has 0 heteroatoms. The monoisotopic (exact) mass is 272 g/mol. The summed E-state index contributed by atoms with van der Waals surface area (Å²) in [6, 6.07) is 21.1. The zero-order chi connectivity index (χ0) is 13.1. The summed E-state index contributed by atoms with van der Waals surface area (Å²) in [5.74, 6) is 0. The van der Waals surface area contributed by atoms with Crippen molar-refractivity contribution in [2.24, 2.45) is 0 Å². The Bertz CT molecular complexity index is 347. The van der Waals surface area contributed by atoms with E-state index in [9.17, 15) is 0 Å². The fraction of sp³-hybridized carbons (Fsp3) is 0.400. The summed E-state index contributed by atoms with van der Waals surface area (Å²) in [6.45, 7) is 4.40. The molecule has 0 heterocycles. The van der Waals surface area contributed by atoms with Crippen LogP contribution in [-0.4, -0.2) is 0 Å². The van der Waals surface area contributed by atoms with E-state index in [-0.39, 0.29) is 14.9 Å². The molecule has 0 saturated heterocycles. The predicted octanol–water partition coefficient (Wildman–Crippen LogP) is 6.55. The molecule has 0 nitrogen and oxygen atoms in total. The Hall–Kier alpha value is -1.56. The lowest BCUT2D eigenvalue weighted by Crippen LogP contribution is -1.78. The number of hydrogen-bond acceptors (Lipinski definition) is 0. The van der Waals surface area contributed by atoms with Crippen molar-refractivity contribution < 1.29 is 0 Å². The lowest BCUT2D eigenvalue weighted by molar-refractivity contribution is 0.922. The maximum absolute atomic E-state index is 2.20. The van der Waals surface area contributed by atoms with Crippen molar-refractivity contribution in [1.29, 1.82) is 0 Å². The quantitative estimate of drug-likeness (QED) is 0.592. The van der Waals surface area contributed by atoms with Crippen molar-refractivity contribution in [2.45, 2.75) is 54.4 Å². The zero-order valence-electron chi connectivity index (χ0n) is 11.6. The molecule has 0 bridgehead atoms. The molecular weight excluding hydrogens is 240 g/mol. The molecule has 2 rings (SSSR count). The van der Waals surface area contributed by atoms with Crippen molar-refractivity contribution in [3.8, 4) is 0 Å². The summed E-state index contributed by atoms with van der Waals surface area (Å²) in [7, 11) is 0. The van der Waals surface area contributed by atoms with Gasteiger partial charge in [-0.3, -0.25) is 0 Å². The third kappa shape index (κ3) is 9.38. The van der Waals surface area contributed by atoms with Gasteiger partial charge in [-0.2, -0.15) is 0 Å².